The van der Waals surface area contributed by atoms with Gasteiger partial charge in [-0.05, 0) is 67.6 Å². The van der Waals surface area contributed by atoms with Crippen molar-refractivity contribution in [3.8, 4) is 17.3 Å². The molecule has 8 heteroatoms. The highest BCUT2D eigenvalue weighted by Gasteiger charge is 2.18. The number of hydrogen-bond donors (Lipinski definition) is 1. The van der Waals surface area contributed by atoms with Gasteiger partial charge in [0.15, 0.2) is 0 Å². The van der Waals surface area contributed by atoms with Crippen LogP contribution in [-0.2, 0) is 6.42 Å². The van der Waals surface area contributed by atoms with Gasteiger partial charge >= 0.3 is 0 Å². The Morgan fingerprint density at radius 2 is 1.85 bits per heavy atom. The molecule has 0 spiro atoms. The van der Waals surface area contributed by atoms with E-state index in [0.717, 1.165) is 34.3 Å². The van der Waals surface area contributed by atoms with E-state index in [9.17, 15) is 4.79 Å². The first-order chi connectivity index (χ1) is 16.3. The third-order valence-electron chi connectivity index (χ3n) is 5.58. The zero-order chi connectivity index (χ0) is 24.2. The van der Waals surface area contributed by atoms with Crippen molar-refractivity contribution in [2.45, 2.75) is 46.6 Å². The molecule has 0 aliphatic rings. The van der Waals surface area contributed by atoms with E-state index in [2.05, 4.69) is 45.3 Å². The fourth-order valence-corrected chi connectivity index (χ4v) is 3.92. The van der Waals surface area contributed by atoms with Gasteiger partial charge in [-0.2, -0.15) is 5.10 Å². The number of carbonyl (C=O) groups is 1. The normalized spacial score (nSPS) is 12.2. The van der Waals surface area contributed by atoms with Gasteiger partial charge in [0.25, 0.3) is 11.8 Å². The molecule has 2 aromatic heterocycles. The number of aryl methyl sites for hydroxylation is 2. The first kappa shape index (κ1) is 23.9. The Morgan fingerprint density at radius 3 is 2.53 bits per heavy atom. The lowest BCUT2D eigenvalue weighted by atomic mass is 10.1. The van der Waals surface area contributed by atoms with E-state index in [4.69, 9.17) is 9.52 Å². The summed E-state index contributed by atoms with van der Waals surface area (Å²) in [5.74, 6) is 1.29. The molecule has 34 heavy (non-hydrogen) atoms. The summed E-state index contributed by atoms with van der Waals surface area (Å²) in [6.07, 6.45) is 1.85. The molecule has 7 nitrogen and oxygen atoms in total. The van der Waals surface area contributed by atoms with Crippen molar-refractivity contribution in [3.05, 3.63) is 81.8 Å². The van der Waals surface area contributed by atoms with E-state index < -0.39 is 0 Å². The van der Waals surface area contributed by atoms with E-state index in [0.29, 0.717) is 29.0 Å². The zero-order valence-corrected chi connectivity index (χ0v) is 21.3. The van der Waals surface area contributed by atoms with Crippen molar-refractivity contribution >= 4 is 21.8 Å². The van der Waals surface area contributed by atoms with Gasteiger partial charge in [0, 0.05) is 22.7 Å². The number of benzene rings is 2. The summed E-state index contributed by atoms with van der Waals surface area (Å²) >= 11 is 3.45. The molecule has 0 fully saturated rings. The summed E-state index contributed by atoms with van der Waals surface area (Å²) in [4.78, 5) is 13.0. The second-order valence-corrected chi connectivity index (χ2v) is 9.70. The molecular formula is C26H28BrN5O2. The van der Waals surface area contributed by atoms with Gasteiger partial charge in [-0.15, -0.1) is 10.2 Å². The number of halogens is 1. The molecular weight excluding hydrogens is 494 g/mol. The van der Waals surface area contributed by atoms with E-state index in [1.807, 2.05) is 66.2 Å². The molecule has 176 valence electrons. The molecule has 2 heterocycles. The number of rotatable bonds is 8. The van der Waals surface area contributed by atoms with Crippen molar-refractivity contribution in [1.82, 2.24) is 25.3 Å². The SMILES string of the molecule is Cc1nnc(-c2cc(CCC(C)C)n(-c3cccc(C(=O)NC(C)c4ccc(Br)cc4)c3)n2)o1. The Hall–Kier alpha value is -3.26. The minimum Gasteiger partial charge on any atom is -0.420 e. The van der Waals surface area contributed by atoms with Gasteiger partial charge in [-0.25, -0.2) is 4.68 Å². The van der Waals surface area contributed by atoms with Crippen LogP contribution in [0.4, 0.5) is 0 Å². The molecule has 1 amide bonds. The molecule has 0 saturated carbocycles. The van der Waals surface area contributed by atoms with Crippen LogP contribution in [0.5, 0.6) is 0 Å². The first-order valence-corrected chi connectivity index (χ1v) is 12.2. The topological polar surface area (TPSA) is 85.8 Å². The fraction of sp³-hybridized carbons (Fsp3) is 0.308. The largest absolute Gasteiger partial charge is 0.420 e. The average molecular weight is 522 g/mol. The molecule has 4 rings (SSSR count). The van der Waals surface area contributed by atoms with Crippen LogP contribution in [0.3, 0.4) is 0 Å². The van der Waals surface area contributed by atoms with Crippen molar-refractivity contribution < 1.29 is 9.21 Å². The number of nitrogens with zero attached hydrogens (tertiary/aromatic N) is 4. The maximum atomic E-state index is 13.0. The molecule has 0 aliphatic heterocycles. The lowest BCUT2D eigenvalue weighted by Gasteiger charge is -2.15. The highest BCUT2D eigenvalue weighted by atomic mass is 79.9. The zero-order valence-electron chi connectivity index (χ0n) is 19.7. The third kappa shape index (κ3) is 5.62. The van der Waals surface area contributed by atoms with Crippen molar-refractivity contribution in [1.29, 1.82) is 0 Å². The predicted molar refractivity (Wildman–Crippen MR) is 135 cm³/mol. The molecule has 0 radical (unpaired) electrons. The standard InChI is InChI=1S/C26H28BrN5O2/c1-16(2)8-13-23-15-24(26-30-29-18(4)34-26)31-32(23)22-7-5-6-20(14-22)25(33)28-17(3)19-9-11-21(27)12-10-19/h5-7,9-12,14-17H,8,13H2,1-4H3,(H,28,33). The second-order valence-electron chi connectivity index (χ2n) is 8.79. The number of nitrogens with one attached hydrogen (secondary N) is 1. The van der Waals surface area contributed by atoms with Gasteiger partial charge in [0.05, 0.1) is 11.7 Å². The second kappa shape index (κ2) is 10.3. The van der Waals surface area contributed by atoms with Gasteiger partial charge in [0.1, 0.15) is 5.69 Å². The molecule has 0 aliphatic carbocycles. The van der Waals surface area contributed by atoms with E-state index >= 15 is 0 Å². The third-order valence-corrected chi connectivity index (χ3v) is 6.11. The lowest BCUT2D eigenvalue weighted by Crippen LogP contribution is -2.26. The van der Waals surface area contributed by atoms with Crippen molar-refractivity contribution in [2.75, 3.05) is 0 Å². The Labute approximate surface area is 207 Å². The summed E-state index contributed by atoms with van der Waals surface area (Å²) in [5.41, 5.74) is 4.07. The summed E-state index contributed by atoms with van der Waals surface area (Å²) < 4.78 is 8.46. The molecule has 2 aromatic carbocycles. The van der Waals surface area contributed by atoms with Crippen LogP contribution in [0.25, 0.3) is 17.3 Å². The van der Waals surface area contributed by atoms with Crippen LogP contribution >= 0.6 is 15.9 Å². The van der Waals surface area contributed by atoms with Gasteiger partial charge in [-0.3, -0.25) is 4.79 Å². The summed E-state index contributed by atoms with van der Waals surface area (Å²) in [5, 5.41) is 15.9. The first-order valence-electron chi connectivity index (χ1n) is 11.4. The quantitative estimate of drug-likeness (QED) is 0.304. The Bertz CT molecular complexity index is 1280. The summed E-state index contributed by atoms with van der Waals surface area (Å²) in [6, 6.07) is 17.3. The van der Waals surface area contributed by atoms with E-state index in [1.165, 1.54) is 0 Å². The van der Waals surface area contributed by atoms with Crippen LogP contribution in [-0.4, -0.2) is 25.9 Å². The van der Waals surface area contributed by atoms with Crippen molar-refractivity contribution in [3.63, 3.8) is 0 Å². The Balaban J connectivity index is 1.61. The van der Waals surface area contributed by atoms with Crippen molar-refractivity contribution in [2.24, 2.45) is 5.92 Å². The number of carbonyl (C=O) groups excluding carboxylic acids is 1. The summed E-state index contributed by atoms with van der Waals surface area (Å²) in [6.45, 7) is 8.12. The number of aromatic nitrogens is 4. The van der Waals surface area contributed by atoms with Crippen LogP contribution in [0.1, 0.15) is 60.7 Å². The van der Waals surface area contributed by atoms with Crippen LogP contribution < -0.4 is 5.32 Å². The van der Waals surface area contributed by atoms with E-state index in [1.54, 1.807) is 6.92 Å². The molecule has 0 bridgehead atoms. The Morgan fingerprint density at radius 1 is 1.09 bits per heavy atom. The Kier molecular flexibility index (Phi) is 7.26. The van der Waals surface area contributed by atoms with Gasteiger partial charge in [-0.1, -0.05) is 48.0 Å². The minimum absolute atomic E-state index is 0.122. The minimum atomic E-state index is -0.138. The van der Waals surface area contributed by atoms with E-state index in [-0.39, 0.29) is 11.9 Å². The average Bonchev–Trinajstić information content (AvgIpc) is 3.44. The highest BCUT2D eigenvalue weighted by Crippen LogP contribution is 2.24. The molecule has 0 saturated heterocycles. The maximum Gasteiger partial charge on any atom is 0.268 e. The molecule has 1 N–H and O–H groups in total. The van der Waals surface area contributed by atoms with Gasteiger partial charge in [0.2, 0.25) is 5.89 Å². The summed E-state index contributed by atoms with van der Waals surface area (Å²) in [7, 11) is 0. The highest BCUT2D eigenvalue weighted by molar-refractivity contribution is 9.10. The van der Waals surface area contributed by atoms with Crippen LogP contribution in [0, 0.1) is 12.8 Å². The lowest BCUT2D eigenvalue weighted by molar-refractivity contribution is 0.0940. The maximum absolute atomic E-state index is 13.0. The van der Waals surface area contributed by atoms with Crippen LogP contribution in [0.15, 0.2) is 63.5 Å². The number of amides is 1. The monoisotopic (exact) mass is 521 g/mol. The van der Waals surface area contributed by atoms with Gasteiger partial charge < -0.3 is 9.73 Å². The van der Waals surface area contributed by atoms with Crippen LogP contribution in [0.2, 0.25) is 0 Å². The molecule has 1 unspecified atom stereocenters. The number of hydrogen-bond acceptors (Lipinski definition) is 5. The predicted octanol–water partition coefficient (Wildman–Crippen LogP) is 6.07. The fourth-order valence-electron chi connectivity index (χ4n) is 3.66. The molecule has 1 atom stereocenters. The smallest absolute Gasteiger partial charge is 0.268 e. The molecule has 4 aromatic rings.